The van der Waals surface area contributed by atoms with Gasteiger partial charge in [0.25, 0.3) is 11.8 Å². The van der Waals surface area contributed by atoms with Gasteiger partial charge in [-0.25, -0.2) is 0 Å². The number of rotatable bonds is 9. The van der Waals surface area contributed by atoms with Crippen LogP contribution in [0.3, 0.4) is 0 Å². The molecule has 0 fully saturated rings. The number of hydrogen-bond donors (Lipinski definition) is 2. The monoisotopic (exact) mass is 460 g/mol. The number of carbonyl (C=O) groups is 2. The summed E-state index contributed by atoms with van der Waals surface area (Å²) in [6, 6.07) is 20.0. The molecule has 2 N–H and O–H groups in total. The summed E-state index contributed by atoms with van der Waals surface area (Å²) in [5.74, 6) is 0.656. The molecule has 0 spiro atoms. The fourth-order valence-electron chi connectivity index (χ4n) is 3.45. The lowest BCUT2D eigenvalue weighted by atomic mass is 10.1. The van der Waals surface area contributed by atoms with E-state index < -0.39 is 11.8 Å². The molecule has 0 saturated carbocycles. The Hall–Kier alpha value is -4.46. The summed E-state index contributed by atoms with van der Waals surface area (Å²) in [6.45, 7) is 0.525. The topological polar surface area (TPSA) is 99.0 Å². The highest BCUT2D eigenvalue weighted by Gasteiger charge is 2.20. The predicted molar refractivity (Wildman–Crippen MR) is 128 cm³/mol. The zero-order valence-electron chi connectivity index (χ0n) is 18.8. The number of ether oxygens (including phenoxy) is 3. The van der Waals surface area contributed by atoms with E-state index in [1.165, 1.54) is 38.7 Å². The highest BCUT2D eigenvalue weighted by atomic mass is 16.5. The summed E-state index contributed by atoms with van der Waals surface area (Å²) in [4.78, 5) is 25.4. The Kier molecular flexibility index (Phi) is 6.98. The van der Waals surface area contributed by atoms with E-state index in [9.17, 15) is 9.59 Å². The normalized spacial score (nSPS) is 10.5. The van der Waals surface area contributed by atoms with Gasteiger partial charge in [0.05, 0.1) is 38.3 Å². The molecule has 0 aliphatic heterocycles. The minimum Gasteiger partial charge on any atom is -0.493 e. The van der Waals surface area contributed by atoms with Gasteiger partial charge in [-0.2, -0.15) is 0 Å². The van der Waals surface area contributed by atoms with Crippen molar-refractivity contribution in [1.29, 1.82) is 0 Å². The second-order valence-corrected chi connectivity index (χ2v) is 7.30. The molecule has 0 aliphatic rings. The third-order valence-corrected chi connectivity index (χ3v) is 5.14. The molecule has 0 aliphatic carbocycles. The minimum absolute atomic E-state index is 0.116. The summed E-state index contributed by atoms with van der Waals surface area (Å²) in [5.41, 5.74) is 0.468. The maximum atomic E-state index is 12.9. The van der Waals surface area contributed by atoms with Gasteiger partial charge in [0.2, 0.25) is 0 Å². The SMILES string of the molecule is COc1cc(NC(=O)c2ccco2)c(C(=O)NCCOc2ccc3ccccc3c2)cc1OC. The summed E-state index contributed by atoms with van der Waals surface area (Å²) in [7, 11) is 2.94. The standard InChI is InChI=1S/C26H24N2O6/c1-31-23-15-20(21(16-24(23)32-2)28-26(30)22-8-5-12-34-22)25(29)27-11-13-33-19-10-9-17-6-3-4-7-18(17)14-19/h3-10,12,14-16H,11,13H2,1-2H3,(H,27,29)(H,28,30). The molecule has 1 heterocycles. The molecule has 34 heavy (non-hydrogen) atoms. The van der Waals surface area contributed by atoms with Gasteiger partial charge in [-0.05, 0) is 41.1 Å². The number of amides is 2. The van der Waals surface area contributed by atoms with E-state index in [1.54, 1.807) is 6.07 Å². The summed E-state index contributed by atoms with van der Waals surface area (Å²) < 4.78 is 21.5. The Bertz CT molecular complexity index is 1300. The number of fused-ring (bicyclic) bond motifs is 1. The molecule has 8 nitrogen and oxygen atoms in total. The van der Waals surface area contributed by atoms with E-state index in [4.69, 9.17) is 18.6 Å². The van der Waals surface area contributed by atoms with Gasteiger partial charge in [0.1, 0.15) is 12.4 Å². The Balaban J connectivity index is 1.44. The number of anilines is 1. The van der Waals surface area contributed by atoms with Gasteiger partial charge < -0.3 is 29.3 Å². The van der Waals surface area contributed by atoms with Crippen LogP contribution in [0, 0.1) is 0 Å². The first-order valence-corrected chi connectivity index (χ1v) is 10.6. The Labute approximate surface area is 196 Å². The van der Waals surface area contributed by atoms with Gasteiger partial charge in [0, 0.05) is 6.07 Å². The average molecular weight is 460 g/mol. The third-order valence-electron chi connectivity index (χ3n) is 5.14. The molecule has 8 heteroatoms. The highest BCUT2D eigenvalue weighted by molar-refractivity contribution is 6.08. The number of benzene rings is 3. The van der Waals surface area contributed by atoms with Crippen molar-refractivity contribution in [2.45, 2.75) is 0 Å². The second kappa shape index (κ2) is 10.4. The Morgan fingerprint density at radius 1 is 0.853 bits per heavy atom. The molecular weight excluding hydrogens is 436 g/mol. The van der Waals surface area contributed by atoms with E-state index in [-0.39, 0.29) is 30.2 Å². The number of carbonyl (C=O) groups excluding carboxylic acids is 2. The Morgan fingerprint density at radius 2 is 1.62 bits per heavy atom. The fourth-order valence-corrected chi connectivity index (χ4v) is 3.45. The van der Waals surface area contributed by atoms with Crippen LogP contribution in [0.25, 0.3) is 10.8 Å². The molecule has 0 saturated heterocycles. The third kappa shape index (κ3) is 5.12. The van der Waals surface area contributed by atoms with Crippen LogP contribution < -0.4 is 24.8 Å². The van der Waals surface area contributed by atoms with Crippen LogP contribution in [0.5, 0.6) is 17.2 Å². The van der Waals surface area contributed by atoms with E-state index in [0.29, 0.717) is 17.2 Å². The number of methoxy groups -OCH3 is 2. The van der Waals surface area contributed by atoms with Crippen LogP contribution in [0.1, 0.15) is 20.9 Å². The second-order valence-electron chi connectivity index (χ2n) is 7.30. The molecule has 174 valence electrons. The largest absolute Gasteiger partial charge is 0.493 e. The van der Waals surface area contributed by atoms with Crippen molar-refractivity contribution in [1.82, 2.24) is 5.32 Å². The van der Waals surface area contributed by atoms with Crippen molar-refractivity contribution in [2.75, 3.05) is 32.7 Å². The number of furan rings is 1. The zero-order chi connectivity index (χ0) is 23.9. The molecule has 0 atom stereocenters. The number of hydrogen-bond acceptors (Lipinski definition) is 6. The van der Waals surface area contributed by atoms with Crippen molar-refractivity contribution < 1.29 is 28.2 Å². The first-order chi connectivity index (χ1) is 16.6. The molecule has 0 radical (unpaired) electrons. The van der Waals surface area contributed by atoms with Crippen molar-refractivity contribution in [2.24, 2.45) is 0 Å². The van der Waals surface area contributed by atoms with Crippen LogP contribution in [0.15, 0.2) is 77.4 Å². The van der Waals surface area contributed by atoms with Crippen molar-refractivity contribution >= 4 is 28.3 Å². The molecular formula is C26H24N2O6. The molecule has 4 rings (SSSR count). The van der Waals surface area contributed by atoms with E-state index in [1.807, 2.05) is 42.5 Å². The van der Waals surface area contributed by atoms with Crippen LogP contribution in [0.2, 0.25) is 0 Å². The van der Waals surface area contributed by atoms with Crippen molar-refractivity contribution in [3.05, 3.63) is 84.3 Å². The van der Waals surface area contributed by atoms with Gasteiger partial charge in [0.15, 0.2) is 17.3 Å². The summed E-state index contributed by atoms with van der Waals surface area (Å²) in [6.07, 6.45) is 1.40. The van der Waals surface area contributed by atoms with Crippen LogP contribution in [-0.4, -0.2) is 39.2 Å². The van der Waals surface area contributed by atoms with Crippen LogP contribution >= 0.6 is 0 Å². The van der Waals surface area contributed by atoms with Crippen molar-refractivity contribution in [3.63, 3.8) is 0 Å². The average Bonchev–Trinajstić information content (AvgIpc) is 3.41. The predicted octanol–water partition coefficient (Wildman–Crippen LogP) is 4.51. The maximum Gasteiger partial charge on any atom is 0.291 e. The zero-order valence-corrected chi connectivity index (χ0v) is 18.8. The maximum absolute atomic E-state index is 12.9. The van der Waals surface area contributed by atoms with Crippen LogP contribution in [-0.2, 0) is 0 Å². The van der Waals surface area contributed by atoms with E-state index >= 15 is 0 Å². The van der Waals surface area contributed by atoms with Crippen molar-refractivity contribution in [3.8, 4) is 17.2 Å². The molecule has 1 aromatic heterocycles. The molecule has 3 aromatic carbocycles. The van der Waals surface area contributed by atoms with E-state index in [2.05, 4.69) is 10.6 Å². The summed E-state index contributed by atoms with van der Waals surface area (Å²) >= 11 is 0. The fraction of sp³-hybridized carbons (Fsp3) is 0.154. The van der Waals surface area contributed by atoms with E-state index in [0.717, 1.165) is 10.8 Å². The number of nitrogens with one attached hydrogen (secondary N) is 2. The van der Waals surface area contributed by atoms with Gasteiger partial charge in [-0.15, -0.1) is 0 Å². The first kappa shape index (κ1) is 22.7. The smallest absolute Gasteiger partial charge is 0.291 e. The Morgan fingerprint density at radius 3 is 2.35 bits per heavy atom. The lowest BCUT2D eigenvalue weighted by Crippen LogP contribution is -2.29. The lowest BCUT2D eigenvalue weighted by molar-refractivity contribution is 0.0947. The quantitative estimate of drug-likeness (QED) is 0.357. The highest BCUT2D eigenvalue weighted by Crippen LogP contribution is 2.33. The summed E-state index contributed by atoms with van der Waals surface area (Å²) in [5, 5.41) is 7.70. The minimum atomic E-state index is -0.495. The van der Waals surface area contributed by atoms with Crippen LogP contribution in [0.4, 0.5) is 5.69 Å². The van der Waals surface area contributed by atoms with Gasteiger partial charge >= 0.3 is 0 Å². The first-order valence-electron chi connectivity index (χ1n) is 10.6. The lowest BCUT2D eigenvalue weighted by Gasteiger charge is -2.15. The molecule has 4 aromatic rings. The molecule has 0 unspecified atom stereocenters. The van der Waals surface area contributed by atoms with Gasteiger partial charge in [-0.3, -0.25) is 9.59 Å². The molecule has 2 amide bonds. The molecule has 0 bridgehead atoms. The van der Waals surface area contributed by atoms with Gasteiger partial charge in [-0.1, -0.05) is 30.3 Å².